The van der Waals surface area contributed by atoms with Crippen molar-refractivity contribution in [1.82, 2.24) is 4.90 Å². The van der Waals surface area contributed by atoms with E-state index in [1.165, 1.54) is 0 Å². The van der Waals surface area contributed by atoms with Gasteiger partial charge in [0.15, 0.2) is 0 Å². The maximum absolute atomic E-state index is 13.2. The van der Waals surface area contributed by atoms with Gasteiger partial charge in [0.25, 0.3) is 0 Å². The van der Waals surface area contributed by atoms with Crippen molar-refractivity contribution in [3.8, 4) is 0 Å². The van der Waals surface area contributed by atoms with Gasteiger partial charge in [-0.3, -0.25) is 4.90 Å². The van der Waals surface area contributed by atoms with Crippen molar-refractivity contribution in [1.29, 1.82) is 0 Å². The normalized spacial score (nSPS) is 26.9. The van der Waals surface area contributed by atoms with Crippen molar-refractivity contribution in [3.05, 3.63) is 69.3 Å². The van der Waals surface area contributed by atoms with Crippen LogP contribution in [0.1, 0.15) is 24.0 Å². The summed E-state index contributed by atoms with van der Waals surface area (Å²) in [5.41, 5.74) is -0.722. The Kier molecular flexibility index (Phi) is 5.03. The average molecular weight is 463 g/mol. The van der Waals surface area contributed by atoms with E-state index in [1.54, 1.807) is 24.3 Å². The molecule has 5 rings (SSSR count). The zero-order chi connectivity index (χ0) is 18.1. The lowest BCUT2D eigenvalue weighted by Gasteiger charge is -2.44. The van der Waals surface area contributed by atoms with Gasteiger partial charge in [-0.1, -0.05) is 42.5 Å². The van der Waals surface area contributed by atoms with Crippen molar-refractivity contribution in [2.24, 2.45) is 5.92 Å². The third-order valence-corrected chi connectivity index (χ3v) is 6.32. The highest BCUT2D eigenvalue weighted by Crippen LogP contribution is 2.35. The van der Waals surface area contributed by atoms with Gasteiger partial charge in [0.05, 0.1) is 0 Å². The van der Waals surface area contributed by atoms with Crippen LogP contribution in [0.4, 0.5) is 0 Å². The monoisotopic (exact) mass is 463 g/mol. The Hall–Kier alpha value is -1.44. The molecular weight excluding hydrogens is 441 g/mol. The van der Waals surface area contributed by atoms with E-state index in [9.17, 15) is 9.90 Å². The first kappa shape index (κ1) is 17.9. The average Bonchev–Trinajstić information content (AvgIpc) is 2.69. The number of nitrogens with zero attached hydrogens (tertiary/aromatic N) is 1. The standard InChI is InChI=1S/C21H22INO3/c22-18-8-6-17(7-9-18)21(25,16-4-2-1-3-5-16)20(24)26-19-14-23-12-10-15(19)11-13-23/h1-9,15,19,25H,10-14H2/t19-,21-/m0/s1. The smallest absolute Gasteiger partial charge is 0.348 e. The van der Waals surface area contributed by atoms with Crippen LogP contribution in [0, 0.1) is 9.49 Å². The van der Waals surface area contributed by atoms with E-state index < -0.39 is 11.6 Å². The molecule has 2 atom stereocenters. The minimum atomic E-state index is -1.79. The van der Waals surface area contributed by atoms with Crippen molar-refractivity contribution in [2.75, 3.05) is 19.6 Å². The zero-order valence-electron chi connectivity index (χ0n) is 14.5. The maximum Gasteiger partial charge on any atom is 0.348 e. The predicted molar refractivity (Wildman–Crippen MR) is 108 cm³/mol. The zero-order valence-corrected chi connectivity index (χ0v) is 16.6. The fraction of sp³-hybridized carbons (Fsp3) is 0.381. The first-order valence-electron chi connectivity index (χ1n) is 9.05. The van der Waals surface area contributed by atoms with Crippen molar-refractivity contribution in [3.63, 3.8) is 0 Å². The molecule has 26 heavy (non-hydrogen) atoms. The highest BCUT2D eigenvalue weighted by atomic mass is 127. The molecule has 3 aliphatic heterocycles. The number of carbonyl (C=O) groups excluding carboxylic acids is 1. The first-order valence-corrected chi connectivity index (χ1v) is 10.1. The van der Waals surface area contributed by atoms with Crippen molar-refractivity contribution < 1.29 is 14.6 Å². The minimum Gasteiger partial charge on any atom is -0.458 e. The number of hydrogen-bond acceptors (Lipinski definition) is 4. The van der Waals surface area contributed by atoms with Crippen LogP contribution in [0.5, 0.6) is 0 Å². The number of aliphatic hydroxyl groups is 1. The summed E-state index contributed by atoms with van der Waals surface area (Å²) >= 11 is 2.21. The number of esters is 1. The molecule has 136 valence electrons. The number of piperidine rings is 3. The van der Waals surface area contributed by atoms with Gasteiger partial charge < -0.3 is 9.84 Å². The van der Waals surface area contributed by atoms with Gasteiger partial charge in [0, 0.05) is 10.1 Å². The number of fused-ring (bicyclic) bond motifs is 3. The molecule has 3 heterocycles. The van der Waals surface area contributed by atoms with Gasteiger partial charge in [-0.15, -0.1) is 0 Å². The van der Waals surface area contributed by atoms with E-state index in [1.807, 2.05) is 30.3 Å². The Balaban J connectivity index is 1.66. The van der Waals surface area contributed by atoms with Gasteiger partial charge >= 0.3 is 5.97 Å². The van der Waals surface area contributed by atoms with E-state index in [0.717, 1.165) is 36.0 Å². The Morgan fingerprint density at radius 2 is 1.65 bits per heavy atom. The first-order chi connectivity index (χ1) is 12.6. The fourth-order valence-corrected chi connectivity index (χ4v) is 4.40. The summed E-state index contributed by atoms with van der Waals surface area (Å²) in [6, 6.07) is 16.5. The number of ether oxygens (including phenoxy) is 1. The molecule has 2 bridgehead atoms. The second-order valence-corrected chi connectivity index (χ2v) is 8.41. The quantitative estimate of drug-likeness (QED) is 0.559. The molecule has 0 aromatic heterocycles. The minimum absolute atomic E-state index is 0.135. The molecule has 0 radical (unpaired) electrons. The molecule has 3 fully saturated rings. The molecule has 1 N–H and O–H groups in total. The van der Waals surface area contributed by atoms with E-state index in [0.29, 0.717) is 17.0 Å². The van der Waals surface area contributed by atoms with Crippen LogP contribution in [0.25, 0.3) is 0 Å². The highest BCUT2D eigenvalue weighted by Gasteiger charge is 2.45. The lowest BCUT2D eigenvalue weighted by atomic mass is 9.84. The van der Waals surface area contributed by atoms with E-state index >= 15 is 0 Å². The molecule has 3 saturated heterocycles. The maximum atomic E-state index is 13.2. The number of carbonyl (C=O) groups is 1. The van der Waals surface area contributed by atoms with Crippen LogP contribution < -0.4 is 0 Å². The summed E-state index contributed by atoms with van der Waals surface area (Å²) in [5.74, 6) is -0.177. The van der Waals surface area contributed by atoms with Crippen LogP contribution >= 0.6 is 22.6 Å². The Morgan fingerprint density at radius 3 is 2.23 bits per heavy atom. The van der Waals surface area contributed by atoms with Gasteiger partial charge in [0.2, 0.25) is 5.60 Å². The van der Waals surface area contributed by atoms with Gasteiger partial charge in [-0.2, -0.15) is 0 Å². The van der Waals surface area contributed by atoms with Crippen LogP contribution in [-0.2, 0) is 15.1 Å². The van der Waals surface area contributed by atoms with Crippen LogP contribution in [0.3, 0.4) is 0 Å². The van der Waals surface area contributed by atoms with Crippen LogP contribution in [-0.4, -0.2) is 41.7 Å². The van der Waals surface area contributed by atoms with E-state index in [-0.39, 0.29) is 6.10 Å². The van der Waals surface area contributed by atoms with Crippen molar-refractivity contribution in [2.45, 2.75) is 24.5 Å². The molecule has 3 aliphatic rings. The number of halogens is 1. The molecule has 0 aliphatic carbocycles. The molecular formula is C21H22INO3. The van der Waals surface area contributed by atoms with Crippen LogP contribution in [0.2, 0.25) is 0 Å². The Labute approximate surface area is 167 Å². The summed E-state index contributed by atoms with van der Waals surface area (Å²) in [7, 11) is 0. The molecule has 0 amide bonds. The highest BCUT2D eigenvalue weighted by molar-refractivity contribution is 14.1. The molecule has 0 unspecified atom stereocenters. The second kappa shape index (κ2) is 7.29. The Morgan fingerprint density at radius 1 is 1.04 bits per heavy atom. The topological polar surface area (TPSA) is 49.8 Å². The number of rotatable bonds is 4. The van der Waals surface area contributed by atoms with Gasteiger partial charge in [0.1, 0.15) is 6.10 Å². The van der Waals surface area contributed by atoms with Gasteiger partial charge in [-0.05, 0) is 77.7 Å². The summed E-state index contributed by atoms with van der Waals surface area (Å²) < 4.78 is 6.95. The molecule has 5 heteroatoms. The lowest BCUT2D eigenvalue weighted by molar-refractivity contribution is -0.177. The predicted octanol–water partition coefficient (Wildman–Crippen LogP) is 3.16. The molecule has 0 spiro atoms. The number of benzene rings is 2. The molecule has 4 nitrogen and oxygen atoms in total. The SMILES string of the molecule is O=C(O[C@H]1CN2CCC1CC2)[C@](O)(c1ccccc1)c1ccc(I)cc1. The molecule has 2 aromatic rings. The lowest BCUT2D eigenvalue weighted by Crippen LogP contribution is -2.53. The largest absolute Gasteiger partial charge is 0.458 e. The fourth-order valence-electron chi connectivity index (χ4n) is 4.04. The molecule has 2 aromatic carbocycles. The number of hydrogen-bond donors (Lipinski definition) is 1. The Bertz CT molecular complexity index is 772. The summed E-state index contributed by atoms with van der Waals surface area (Å²) in [6.45, 7) is 2.94. The second-order valence-electron chi connectivity index (χ2n) is 7.17. The van der Waals surface area contributed by atoms with Crippen molar-refractivity contribution >= 4 is 28.6 Å². The molecule has 0 saturated carbocycles. The van der Waals surface area contributed by atoms with E-state index in [2.05, 4.69) is 27.5 Å². The summed E-state index contributed by atoms with van der Waals surface area (Å²) in [6.07, 6.45) is 1.99. The van der Waals surface area contributed by atoms with Gasteiger partial charge in [-0.25, -0.2) is 4.79 Å². The third-order valence-electron chi connectivity index (χ3n) is 5.60. The summed E-state index contributed by atoms with van der Waals surface area (Å²) in [4.78, 5) is 15.5. The summed E-state index contributed by atoms with van der Waals surface area (Å²) in [5, 5.41) is 11.5. The van der Waals surface area contributed by atoms with E-state index in [4.69, 9.17) is 4.74 Å². The third kappa shape index (κ3) is 3.28. The van der Waals surface area contributed by atoms with Crippen LogP contribution in [0.15, 0.2) is 54.6 Å².